The molecule has 0 aromatic heterocycles. The van der Waals surface area contributed by atoms with E-state index >= 15 is 0 Å². The van der Waals surface area contributed by atoms with Gasteiger partial charge >= 0.3 is 0 Å². The zero-order valence-corrected chi connectivity index (χ0v) is 12.2. The van der Waals surface area contributed by atoms with Gasteiger partial charge in [-0.25, -0.2) is 0 Å². The molecule has 0 heterocycles. The maximum atomic E-state index is 12.4. The molecule has 2 rings (SSSR count). The Balaban J connectivity index is 2.19. The van der Waals surface area contributed by atoms with E-state index in [1.807, 2.05) is 13.8 Å². The molecule has 0 aliphatic heterocycles. The van der Waals surface area contributed by atoms with Crippen LogP contribution >= 0.6 is 0 Å². The van der Waals surface area contributed by atoms with Crippen LogP contribution in [0, 0.1) is 20.8 Å². The van der Waals surface area contributed by atoms with Crippen LogP contribution in [0.15, 0.2) is 12.1 Å². The molecule has 0 bridgehead atoms. The Morgan fingerprint density at radius 2 is 1.63 bits per heavy atom. The van der Waals surface area contributed by atoms with E-state index in [4.69, 9.17) is 5.73 Å². The molecule has 1 fully saturated rings. The number of amides is 1. The number of nitrogens with two attached hydrogens (primary N) is 1. The molecular weight excluding hydrogens is 236 g/mol. The highest BCUT2D eigenvalue weighted by Crippen LogP contribution is 2.29. The SMILES string of the molecule is Cc1cc(C)c(NC(=O)C2(N)CCCCC2)c(C)c1. The van der Waals surface area contributed by atoms with Crippen LogP contribution in [-0.2, 0) is 4.79 Å². The lowest BCUT2D eigenvalue weighted by Crippen LogP contribution is -2.52. The first kappa shape index (κ1) is 14.1. The predicted octanol–water partition coefficient (Wildman–Crippen LogP) is 3.21. The van der Waals surface area contributed by atoms with Crippen LogP contribution in [-0.4, -0.2) is 11.4 Å². The number of rotatable bonds is 2. The van der Waals surface area contributed by atoms with Crippen LogP contribution < -0.4 is 11.1 Å². The van der Waals surface area contributed by atoms with Gasteiger partial charge in [0.1, 0.15) is 0 Å². The van der Waals surface area contributed by atoms with Crippen molar-refractivity contribution in [2.45, 2.75) is 58.4 Å². The van der Waals surface area contributed by atoms with Crippen molar-refractivity contribution in [1.29, 1.82) is 0 Å². The Bertz CT molecular complexity index is 465. The fourth-order valence-corrected chi connectivity index (χ4v) is 3.02. The molecule has 19 heavy (non-hydrogen) atoms. The number of benzene rings is 1. The number of hydrogen-bond donors (Lipinski definition) is 2. The average Bonchev–Trinajstić information content (AvgIpc) is 2.34. The van der Waals surface area contributed by atoms with Gasteiger partial charge in [-0.2, -0.15) is 0 Å². The number of hydrogen-bond acceptors (Lipinski definition) is 2. The Morgan fingerprint density at radius 1 is 1.11 bits per heavy atom. The second kappa shape index (κ2) is 5.33. The lowest BCUT2D eigenvalue weighted by molar-refractivity contribution is -0.122. The van der Waals surface area contributed by atoms with Gasteiger partial charge in [0.2, 0.25) is 5.91 Å². The summed E-state index contributed by atoms with van der Waals surface area (Å²) in [4.78, 5) is 12.4. The molecule has 104 valence electrons. The summed E-state index contributed by atoms with van der Waals surface area (Å²) in [5, 5.41) is 3.05. The molecule has 0 unspecified atom stereocenters. The summed E-state index contributed by atoms with van der Waals surface area (Å²) >= 11 is 0. The zero-order chi connectivity index (χ0) is 14.0. The van der Waals surface area contributed by atoms with E-state index < -0.39 is 5.54 Å². The van der Waals surface area contributed by atoms with Crippen molar-refractivity contribution in [1.82, 2.24) is 0 Å². The van der Waals surface area contributed by atoms with Crippen LogP contribution in [0.4, 0.5) is 5.69 Å². The van der Waals surface area contributed by atoms with Crippen LogP contribution in [0.3, 0.4) is 0 Å². The van der Waals surface area contributed by atoms with Gasteiger partial charge in [-0.1, -0.05) is 37.0 Å². The van der Waals surface area contributed by atoms with Gasteiger partial charge in [-0.05, 0) is 44.7 Å². The maximum Gasteiger partial charge on any atom is 0.244 e. The van der Waals surface area contributed by atoms with Crippen LogP contribution in [0.2, 0.25) is 0 Å². The predicted molar refractivity (Wildman–Crippen MR) is 79.3 cm³/mol. The molecule has 0 atom stereocenters. The second-order valence-electron chi connectivity index (χ2n) is 5.94. The summed E-state index contributed by atoms with van der Waals surface area (Å²) in [6.07, 6.45) is 4.88. The molecule has 3 heteroatoms. The third kappa shape index (κ3) is 2.98. The van der Waals surface area contributed by atoms with Gasteiger partial charge < -0.3 is 11.1 Å². The summed E-state index contributed by atoms with van der Waals surface area (Å²) in [5.41, 5.74) is 9.93. The summed E-state index contributed by atoms with van der Waals surface area (Å²) < 4.78 is 0. The van der Waals surface area contributed by atoms with Gasteiger partial charge in [0.05, 0.1) is 5.54 Å². The van der Waals surface area contributed by atoms with Crippen molar-refractivity contribution in [3.05, 3.63) is 28.8 Å². The summed E-state index contributed by atoms with van der Waals surface area (Å²) in [5.74, 6) is -0.0257. The molecule has 1 aromatic rings. The average molecular weight is 260 g/mol. The molecule has 1 aliphatic carbocycles. The van der Waals surface area contributed by atoms with E-state index in [9.17, 15) is 4.79 Å². The molecule has 1 amide bonds. The van der Waals surface area contributed by atoms with Crippen LogP contribution in [0.1, 0.15) is 48.8 Å². The first-order valence-electron chi connectivity index (χ1n) is 7.10. The summed E-state index contributed by atoms with van der Waals surface area (Å²) in [6, 6.07) is 4.18. The maximum absolute atomic E-state index is 12.4. The van der Waals surface area contributed by atoms with Crippen molar-refractivity contribution in [2.24, 2.45) is 5.73 Å². The molecule has 1 aliphatic rings. The quantitative estimate of drug-likeness (QED) is 0.858. The first-order valence-corrected chi connectivity index (χ1v) is 7.10. The minimum atomic E-state index is -0.679. The van der Waals surface area contributed by atoms with Gasteiger partial charge in [0, 0.05) is 5.69 Å². The minimum absolute atomic E-state index is 0.0257. The molecule has 3 N–H and O–H groups in total. The van der Waals surface area contributed by atoms with Crippen LogP contribution in [0.5, 0.6) is 0 Å². The number of anilines is 1. The van der Waals surface area contributed by atoms with Crippen LogP contribution in [0.25, 0.3) is 0 Å². The molecule has 0 spiro atoms. The van der Waals surface area contributed by atoms with Gasteiger partial charge in [-0.15, -0.1) is 0 Å². The lowest BCUT2D eigenvalue weighted by Gasteiger charge is -2.32. The Hall–Kier alpha value is -1.35. The molecule has 0 saturated heterocycles. The summed E-state index contributed by atoms with van der Waals surface area (Å²) in [6.45, 7) is 6.12. The minimum Gasteiger partial charge on any atom is -0.324 e. The normalized spacial score (nSPS) is 18.1. The molecule has 1 saturated carbocycles. The van der Waals surface area contributed by atoms with E-state index in [0.717, 1.165) is 42.5 Å². The van der Waals surface area contributed by atoms with Crippen molar-refractivity contribution in [3.8, 4) is 0 Å². The highest BCUT2D eigenvalue weighted by atomic mass is 16.2. The van der Waals surface area contributed by atoms with Gasteiger partial charge in [-0.3, -0.25) is 4.79 Å². The van der Waals surface area contributed by atoms with E-state index in [1.54, 1.807) is 0 Å². The highest BCUT2D eigenvalue weighted by Gasteiger charge is 2.35. The van der Waals surface area contributed by atoms with Crippen molar-refractivity contribution in [2.75, 3.05) is 5.32 Å². The standard InChI is InChI=1S/C16H24N2O/c1-11-9-12(2)14(13(3)10-11)18-15(19)16(17)7-5-4-6-8-16/h9-10H,4-8,17H2,1-3H3,(H,18,19). The Morgan fingerprint density at radius 3 is 2.16 bits per heavy atom. The lowest BCUT2D eigenvalue weighted by atomic mass is 9.82. The zero-order valence-electron chi connectivity index (χ0n) is 12.2. The number of carbonyl (C=O) groups excluding carboxylic acids is 1. The third-order valence-corrected chi connectivity index (χ3v) is 4.11. The molecule has 1 aromatic carbocycles. The monoisotopic (exact) mass is 260 g/mol. The number of nitrogens with one attached hydrogen (secondary N) is 1. The number of carbonyl (C=O) groups is 1. The van der Waals surface area contributed by atoms with Crippen molar-refractivity contribution < 1.29 is 4.79 Å². The molecule has 3 nitrogen and oxygen atoms in total. The van der Waals surface area contributed by atoms with E-state index in [0.29, 0.717) is 0 Å². The van der Waals surface area contributed by atoms with Gasteiger partial charge in [0.15, 0.2) is 0 Å². The fraction of sp³-hybridized carbons (Fsp3) is 0.562. The Kier molecular flexibility index (Phi) is 3.95. The van der Waals surface area contributed by atoms with E-state index in [1.165, 1.54) is 12.0 Å². The van der Waals surface area contributed by atoms with E-state index in [-0.39, 0.29) is 5.91 Å². The Labute approximate surface area is 115 Å². The second-order valence-corrected chi connectivity index (χ2v) is 5.94. The highest BCUT2D eigenvalue weighted by molar-refractivity contribution is 5.99. The summed E-state index contributed by atoms with van der Waals surface area (Å²) in [7, 11) is 0. The van der Waals surface area contributed by atoms with E-state index in [2.05, 4.69) is 24.4 Å². The first-order chi connectivity index (χ1) is 8.92. The smallest absolute Gasteiger partial charge is 0.244 e. The fourth-order valence-electron chi connectivity index (χ4n) is 3.02. The van der Waals surface area contributed by atoms with Crippen molar-refractivity contribution >= 4 is 11.6 Å². The van der Waals surface area contributed by atoms with Gasteiger partial charge in [0.25, 0.3) is 0 Å². The van der Waals surface area contributed by atoms with Crippen molar-refractivity contribution in [3.63, 3.8) is 0 Å². The number of aryl methyl sites for hydroxylation is 3. The third-order valence-electron chi connectivity index (χ3n) is 4.11. The molecule has 0 radical (unpaired) electrons. The topological polar surface area (TPSA) is 55.1 Å². The largest absolute Gasteiger partial charge is 0.324 e. The molecular formula is C16H24N2O.